The van der Waals surface area contributed by atoms with Gasteiger partial charge >= 0.3 is 0 Å². The van der Waals surface area contributed by atoms with Gasteiger partial charge in [0.15, 0.2) is 0 Å². The summed E-state index contributed by atoms with van der Waals surface area (Å²) < 4.78 is 26.4. The highest BCUT2D eigenvalue weighted by molar-refractivity contribution is 7.89. The number of rotatable bonds is 5. The fourth-order valence-electron chi connectivity index (χ4n) is 1.97. The molecule has 0 radical (unpaired) electrons. The Morgan fingerprint density at radius 3 is 2.42 bits per heavy atom. The highest BCUT2D eigenvalue weighted by atomic mass is 35.5. The molecule has 1 rings (SSSR count). The molecule has 0 aromatic heterocycles. The van der Waals surface area contributed by atoms with Crippen LogP contribution < -0.4 is 5.73 Å². The Morgan fingerprint density at radius 2 is 1.95 bits per heavy atom. The van der Waals surface area contributed by atoms with Gasteiger partial charge in [-0.3, -0.25) is 0 Å². The van der Waals surface area contributed by atoms with Gasteiger partial charge in [0, 0.05) is 25.2 Å². The molecule has 1 aromatic carbocycles. The number of halogens is 1. The van der Waals surface area contributed by atoms with Crippen molar-refractivity contribution in [2.75, 3.05) is 13.6 Å². The molecule has 2 N–H and O–H groups in total. The summed E-state index contributed by atoms with van der Waals surface area (Å²) in [5.41, 5.74) is 7.04. The van der Waals surface area contributed by atoms with E-state index in [1.165, 1.54) is 10.4 Å². The largest absolute Gasteiger partial charge is 0.326 e. The molecule has 0 amide bonds. The molecule has 0 saturated carbocycles. The first-order chi connectivity index (χ1) is 8.70. The lowest BCUT2D eigenvalue weighted by Crippen LogP contribution is -2.31. The molecule has 0 atom stereocenters. The molecule has 108 valence electrons. The van der Waals surface area contributed by atoms with Crippen LogP contribution >= 0.6 is 11.6 Å². The first kappa shape index (κ1) is 16.4. The summed E-state index contributed by atoms with van der Waals surface area (Å²) in [5, 5.41) is 0.391. The van der Waals surface area contributed by atoms with Crippen molar-refractivity contribution in [3.63, 3.8) is 0 Å². The van der Waals surface area contributed by atoms with Crippen LogP contribution in [0.5, 0.6) is 0 Å². The van der Waals surface area contributed by atoms with Gasteiger partial charge in [0.1, 0.15) is 0 Å². The zero-order valence-corrected chi connectivity index (χ0v) is 13.3. The maximum absolute atomic E-state index is 12.5. The summed E-state index contributed by atoms with van der Waals surface area (Å²) in [6, 6.07) is 3.20. The van der Waals surface area contributed by atoms with Crippen LogP contribution in [0.25, 0.3) is 0 Å². The third kappa shape index (κ3) is 3.69. The van der Waals surface area contributed by atoms with Gasteiger partial charge in [-0.2, -0.15) is 0 Å². The zero-order valence-electron chi connectivity index (χ0n) is 11.8. The molecule has 0 aliphatic rings. The Labute approximate surface area is 120 Å². The van der Waals surface area contributed by atoms with E-state index in [0.717, 1.165) is 5.56 Å². The zero-order chi connectivity index (χ0) is 14.8. The number of hydrogen-bond acceptors (Lipinski definition) is 3. The smallest absolute Gasteiger partial charge is 0.243 e. The van der Waals surface area contributed by atoms with Gasteiger partial charge in [-0.05, 0) is 36.1 Å². The topological polar surface area (TPSA) is 63.4 Å². The summed E-state index contributed by atoms with van der Waals surface area (Å²) in [7, 11) is -1.95. The molecule has 0 aliphatic heterocycles. The predicted octanol–water partition coefficient (Wildman–Crippen LogP) is 2.38. The second-order valence-corrected chi connectivity index (χ2v) is 7.52. The van der Waals surface area contributed by atoms with E-state index in [2.05, 4.69) is 0 Å². The van der Waals surface area contributed by atoms with Crippen LogP contribution in [0.2, 0.25) is 5.02 Å². The number of nitrogens with two attached hydrogens (primary N) is 1. The van der Waals surface area contributed by atoms with Gasteiger partial charge in [-0.1, -0.05) is 25.4 Å². The van der Waals surface area contributed by atoms with E-state index in [1.54, 1.807) is 20.0 Å². The average molecular weight is 305 g/mol. The van der Waals surface area contributed by atoms with Crippen molar-refractivity contribution >= 4 is 21.6 Å². The molecule has 4 nitrogen and oxygen atoms in total. The van der Waals surface area contributed by atoms with Gasteiger partial charge in [-0.25, -0.2) is 12.7 Å². The normalized spacial score (nSPS) is 12.4. The lowest BCUT2D eigenvalue weighted by molar-refractivity contribution is 0.417. The van der Waals surface area contributed by atoms with Gasteiger partial charge in [0.25, 0.3) is 0 Å². The van der Waals surface area contributed by atoms with Crippen molar-refractivity contribution in [2.45, 2.75) is 32.2 Å². The van der Waals surface area contributed by atoms with Crippen molar-refractivity contribution < 1.29 is 8.42 Å². The van der Waals surface area contributed by atoms with Crippen molar-refractivity contribution in [3.8, 4) is 0 Å². The van der Waals surface area contributed by atoms with Crippen LogP contribution in [0.4, 0.5) is 0 Å². The third-order valence-corrected chi connectivity index (χ3v) is 5.13. The molecule has 19 heavy (non-hydrogen) atoms. The van der Waals surface area contributed by atoms with E-state index >= 15 is 0 Å². The summed E-state index contributed by atoms with van der Waals surface area (Å²) in [6.45, 7) is 6.44. The van der Waals surface area contributed by atoms with Crippen molar-refractivity contribution in [2.24, 2.45) is 11.7 Å². The molecule has 0 fully saturated rings. The van der Waals surface area contributed by atoms with Gasteiger partial charge in [0.2, 0.25) is 10.0 Å². The fourth-order valence-corrected chi connectivity index (χ4v) is 3.90. The minimum absolute atomic E-state index is 0.239. The third-order valence-electron chi connectivity index (χ3n) is 2.96. The monoisotopic (exact) mass is 304 g/mol. The first-order valence-electron chi connectivity index (χ1n) is 6.15. The molecule has 0 bridgehead atoms. The van der Waals surface area contributed by atoms with Crippen molar-refractivity contribution in [1.29, 1.82) is 0 Å². The lowest BCUT2D eigenvalue weighted by Gasteiger charge is -2.21. The van der Waals surface area contributed by atoms with Crippen molar-refractivity contribution in [1.82, 2.24) is 4.31 Å². The predicted molar refractivity (Wildman–Crippen MR) is 78.7 cm³/mol. The Morgan fingerprint density at radius 1 is 1.37 bits per heavy atom. The van der Waals surface area contributed by atoms with E-state index in [1.807, 2.05) is 13.8 Å². The highest BCUT2D eigenvalue weighted by Crippen LogP contribution is 2.26. The quantitative estimate of drug-likeness (QED) is 0.908. The minimum atomic E-state index is -3.53. The number of nitrogens with zero attached hydrogens (tertiary/aromatic N) is 1. The van der Waals surface area contributed by atoms with Gasteiger partial charge < -0.3 is 5.73 Å². The molecule has 0 saturated heterocycles. The Kier molecular flexibility index (Phi) is 5.38. The van der Waals surface area contributed by atoms with Crippen LogP contribution in [-0.4, -0.2) is 26.3 Å². The Hall–Kier alpha value is -0.620. The Bertz CT molecular complexity index is 556. The standard InChI is InChI=1S/C13H21ClN2O2S/c1-9(2)8-16(4)19(17,18)13-6-12(14)5-11(7-15)10(13)3/h5-6,9H,7-8,15H2,1-4H3. The van der Waals surface area contributed by atoms with Crippen molar-refractivity contribution in [3.05, 3.63) is 28.3 Å². The highest BCUT2D eigenvalue weighted by Gasteiger charge is 2.24. The SMILES string of the molecule is Cc1c(CN)cc(Cl)cc1S(=O)(=O)N(C)CC(C)C. The first-order valence-corrected chi connectivity index (χ1v) is 7.97. The molecule has 1 aromatic rings. The van der Waals surface area contributed by atoms with Crippen LogP contribution in [0.15, 0.2) is 17.0 Å². The van der Waals surface area contributed by atoms with E-state index < -0.39 is 10.0 Å². The molecule has 6 heteroatoms. The molecule has 0 heterocycles. The average Bonchev–Trinajstić information content (AvgIpc) is 2.30. The molecule has 0 spiro atoms. The summed E-state index contributed by atoms with van der Waals surface area (Å²) in [5.74, 6) is 0.258. The van der Waals surface area contributed by atoms with E-state index in [0.29, 0.717) is 17.1 Å². The Balaban J connectivity index is 3.32. The maximum Gasteiger partial charge on any atom is 0.243 e. The number of sulfonamides is 1. The van der Waals surface area contributed by atoms with Crippen LogP contribution in [0.1, 0.15) is 25.0 Å². The number of benzene rings is 1. The molecular formula is C13H21ClN2O2S. The summed E-state index contributed by atoms with van der Waals surface area (Å²) in [6.07, 6.45) is 0. The van der Waals surface area contributed by atoms with Crippen LogP contribution in [0, 0.1) is 12.8 Å². The second kappa shape index (κ2) is 6.22. The summed E-state index contributed by atoms with van der Waals surface area (Å²) in [4.78, 5) is 0.239. The van der Waals surface area contributed by atoms with Gasteiger partial charge in [-0.15, -0.1) is 0 Å². The minimum Gasteiger partial charge on any atom is -0.326 e. The van der Waals surface area contributed by atoms with Crippen LogP contribution in [0.3, 0.4) is 0 Å². The second-order valence-electron chi connectivity index (χ2n) is 5.07. The summed E-state index contributed by atoms with van der Waals surface area (Å²) >= 11 is 5.98. The van der Waals surface area contributed by atoms with Gasteiger partial charge in [0.05, 0.1) is 4.90 Å². The fraction of sp³-hybridized carbons (Fsp3) is 0.538. The molecule has 0 aliphatic carbocycles. The maximum atomic E-state index is 12.5. The molecular weight excluding hydrogens is 284 g/mol. The molecule has 0 unspecified atom stereocenters. The van der Waals surface area contributed by atoms with Crippen LogP contribution in [-0.2, 0) is 16.6 Å². The number of hydrogen-bond donors (Lipinski definition) is 1. The van der Waals surface area contributed by atoms with E-state index in [-0.39, 0.29) is 17.4 Å². The van der Waals surface area contributed by atoms with E-state index in [4.69, 9.17) is 17.3 Å². The van der Waals surface area contributed by atoms with E-state index in [9.17, 15) is 8.42 Å². The lowest BCUT2D eigenvalue weighted by atomic mass is 10.1.